The highest BCUT2D eigenvalue weighted by molar-refractivity contribution is 7.16. The van der Waals surface area contributed by atoms with Gasteiger partial charge in [-0.05, 0) is 25.7 Å². The van der Waals surface area contributed by atoms with E-state index >= 15 is 0 Å². The molecule has 4 rings (SSSR count). The molecule has 10 nitrogen and oxygen atoms in total. The van der Waals surface area contributed by atoms with Crippen LogP contribution in [-0.4, -0.2) is 78.7 Å². The predicted octanol–water partition coefficient (Wildman–Crippen LogP) is 3.95. The van der Waals surface area contributed by atoms with E-state index in [0.29, 0.717) is 49.2 Å². The molecule has 0 unspecified atom stereocenters. The molecular weight excluding hydrogens is 478 g/mol. The number of carbonyl (C=O) groups excluding carboxylic acids is 1. The van der Waals surface area contributed by atoms with E-state index in [4.69, 9.17) is 4.98 Å². The fraction of sp³-hybridized carbons (Fsp3) is 0.500. The van der Waals surface area contributed by atoms with Crippen molar-refractivity contribution in [3.63, 3.8) is 0 Å². The van der Waals surface area contributed by atoms with Crippen LogP contribution < -0.4 is 5.32 Å². The number of fused-ring (bicyclic) bond motifs is 1. The smallest absolute Gasteiger partial charge is 0.407 e. The van der Waals surface area contributed by atoms with Gasteiger partial charge in [-0.3, -0.25) is 4.79 Å². The average molecular weight is 508 g/mol. The van der Waals surface area contributed by atoms with Crippen LogP contribution in [0.3, 0.4) is 0 Å². The second-order valence-electron chi connectivity index (χ2n) is 8.77. The first-order valence-electron chi connectivity index (χ1n) is 11.1. The molecule has 0 aliphatic carbocycles. The van der Waals surface area contributed by atoms with Gasteiger partial charge in [-0.1, -0.05) is 13.8 Å². The highest BCUT2D eigenvalue weighted by atomic mass is 35.5. The SMILES string of the molecule is CC(C)[C@@H](C)Nc1cc(C(=O)N2CCC(N(C)C(=O)O)CC2)nc(-c2cnn3ccsc23)n1.Cl. The summed E-state index contributed by atoms with van der Waals surface area (Å²) >= 11 is 1.54. The number of piperidine rings is 1. The molecular formula is C22H30ClN7O3S. The van der Waals surface area contributed by atoms with Crippen molar-refractivity contribution in [1.82, 2.24) is 29.4 Å². The molecule has 1 aliphatic heterocycles. The highest BCUT2D eigenvalue weighted by Crippen LogP contribution is 2.27. The first kappa shape index (κ1) is 25.7. The Balaban J connectivity index is 0.00000324. The first-order valence-corrected chi connectivity index (χ1v) is 11.9. The van der Waals surface area contributed by atoms with Crippen molar-refractivity contribution in [2.75, 3.05) is 25.5 Å². The number of amides is 2. The van der Waals surface area contributed by atoms with Gasteiger partial charge >= 0.3 is 6.09 Å². The largest absolute Gasteiger partial charge is 0.465 e. The molecule has 0 spiro atoms. The van der Waals surface area contributed by atoms with E-state index < -0.39 is 6.09 Å². The first-order chi connectivity index (χ1) is 15.7. The van der Waals surface area contributed by atoms with E-state index in [1.807, 2.05) is 11.6 Å². The van der Waals surface area contributed by atoms with Crippen LogP contribution in [0.4, 0.5) is 10.6 Å². The molecule has 0 radical (unpaired) electrons. The van der Waals surface area contributed by atoms with E-state index in [1.54, 1.807) is 28.7 Å². The number of hydrogen-bond donors (Lipinski definition) is 2. The molecule has 2 N–H and O–H groups in total. The van der Waals surface area contributed by atoms with Crippen LogP contribution in [0.2, 0.25) is 0 Å². The standard InChI is InChI=1S/C22H29N7O3S.ClH/c1-13(2)14(3)24-18-11-17(20(30)28-7-5-15(6-8-28)27(4)22(31)32)25-19(26-18)16-12-23-29-9-10-33-21(16)29;/h9-15H,5-8H2,1-4H3,(H,31,32)(H,24,25,26);1H/t14-;/m1./s1. The summed E-state index contributed by atoms with van der Waals surface area (Å²) in [6.07, 6.45) is 3.84. The quantitative estimate of drug-likeness (QED) is 0.519. The fourth-order valence-corrected chi connectivity index (χ4v) is 4.60. The Morgan fingerprint density at radius 2 is 1.94 bits per heavy atom. The van der Waals surface area contributed by atoms with Gasteiger partial charge in [0.1, 0.15) is 16.3 Å². The molecule has 184 valence electrons. The van der Waals surface area contributed by atoms with E-state index in [0.717, 1.165) is 10.4 Å². The van der Waals surface area contributed by atoms with Gasteiger partial charge in [0.15, 0.2) is 5.82 Å². The van der Waals surface area contributed by atoms with Gasteiger partial charge in [-0.2, -0.15) is 5.10 Å². The molecule has 1 saturated heterocycles. The van der Waals surface area contributed by atoms with E-state index in [2.05, 4.69) is 36.2 Å². The third-order valence-corrected chi connectivity index (χ3v) is 7.18. The van der Waals surface area contributed by atoms with Gasteiger partial charge in [0.05, 0.1) is 11.8 Å². The van der Waals surface area contributed by atoms with Gasteiger partial charge in [0, 0.05) is 49.9 Å². The third-order valence-electron chi connectivity index (χ3n) is 6.29. The fourth-order valence-electron chi connectivity index (χ4n) is 3.81. The van der Waals surface area contributed by atoms with Crippen LogP contribution in [-0.2, 0) is 0 Å². The van der Waals surface area contributed by atoms with Crippen LogP contribution in [0, 0.1) is 5.92 Å². The van der Waals surface area contributed by atoms with Gasteiger partial charge in [0.2, 0.25) is 0 Å². The summed E-state index contributed by atoms with van der Waals surface area (Å²) < 4.78 is 1.77. The zero-order valence-electron chi connectivity index (χ0n) is 19.6. The number of likely N-dealkylation sites (tertiary alicyclic amines) is 1. The van der Waals surface area contributed by atoms with Crippen LogP contribution >= 0.6 is 23.7 Å². The summed E-state index contributed by atoms with van der Waals surface area (Å²) in [6, 6.07) is 1.78. The molecule has 34 heavy (non-hydrogen) atoms. The highest BCUT2D eigenvalue weighted by Gasteiger charge is 2.29. The second kappa shape index (κ2) is 10.6. The van der Waals surface area contributed by atoms with Crippen molar-refractivity contribution >= 4 is 46.4 Å². The number of hydrogen-bond acceptors (Lipinski definition) is 7. The zero-order valence-corrected chi connectivity index (χ0v) is 21.3. The average Bonchev–Trinajstić information content (AvgIpc) is 3.42. The van der Waals surface area contributed by atoms with Gasteiger partial charge in [0.25, 0.3) is 5.91 Å². The van der Waals surface area contributed by atoms with Crippen molar-refractivity contribution in [1.29, 1.82) is 0 Å². The van der Waals surface area contributed by atoms with Crippen molar-refractivity contribution in [3.8, 4) is 11.4 Å². The topological polar surface area (TPSA) is 116 Å². The molecule has 3 aromatic heterocycles. The second-order valence-corrected chi connectivity index (χ2v) is 9.66. The minimum atomic E-state index is -0.948. The molecule has 1 fully saturated rings. The summed E-state index contributed by atoms with van der Waals surface area (Å²) in [5, 5.41) is 18.9. The van der Waals surface area contributed by atoms with Crippen molar-refractivity contribution < 1.29 is 14.7 Å². The maximum Gasteiger partial charge on any atom is 0.407 e. The number of nitrogens with one attached hydrogen (secondary N) is 1. The number of thiazole rings is 1. The number of carbonyl (C=O) groups is 2. The van der Waals surface area contributed by atoms with Crippen LogP contribution in [0.25, 0.3) is 16.2 Å². The number of anilines is 1. The molecule has 3 aromatic rings. The molecule has 4 heterocycles. The third kappa shape index (κ3) is 5.25. The lowest BCUT2D eigenvalue weighted by molar-refractivity contribution is 0.0638. The summed E-state index contributed by atoms with van der Waals surface area (Å²) in [5.41, 5.74) is 1.10. The van der Waals surface area contributed by atoms with Crippen molar-refractivity contribution in [2.45, 2.75) is 45.7 Å². The lowest BCUT2D eigenvalue weighted by Gasteiger charge is -2.35. The molecule has 2 amide bonds. The lowest BCUT2D eigenvalue weighted by Crippen LogP contribution is -2.47. The van der Waals surface area contributed by atoms with Gasteiger partial charge in [-0.15, -0.1) is 23.7 Å². The normalized spacial score (nSPS) is 15.3. The number of rotatable bonds is 6. The van der Waals surface area contributed by atoms with Gasteiger partial charge in [-0.25, -0.2) is 19.3 Å². The molecule has 1 atom stereocenters. The Hall–Kier alpha value is -2.92. The Morgan fingerprint density at radius 3 is 2.59 bits per heavy atom. The molecule has 1 aliphatic rings. The zero-order chi connectivity index (χ0) is 23.7. The maximum absolute atomic E-state index is 13.4. The van der Waals surface area contributed by atoms with Crippen LogP contribution in [0.1, 0.15) is 44.1 Å². The number of nitrogens with zero attached hydrogens (tertiary/aromatic N) is 6. The van der Waals surface area contributed by atoms with E-state index in [-0.39, 0.29) is 30.4 Å². The number of carboxylic acid groups (broad SMARTS) is 1. The molecule has 0 aromatic carbocycles. The molecule has 0 bridgehead atoms. The molecule has 12 heteroatoms. The Morgan fingerprint density at radius 1 is 1.24 bits per heavy atom. The molecule has 0 saturated carbocycles. The lowest BCUT2D eigenvalue weighted by atomic mass is 10.0. The van der Waals surface area contributed by atoms with Crippen molar-refractivity contribution in [3.05, 3.63) is 29.5 Å². The maximum atomic E-state index is 13.4. The minimum absolute atomic E-state index is 0. The van der Waals surface area contributed by atoms with Crippen LogP contribution in [0.5, 0.6) is 0 Å². The predicted molar refractivity (Wildman–Crippen MR) is 134 cm³/mol. The van der Waals surface area contributed by atoms with E-state index in [1.165, 1.54) is 16.2 Å². The summed E-state index contributed by atoms with van der Waals surface area (Å²) in [5.74, 6) is 1.26. The minimum Gasteiger partial charge on any atom is -0.465 e. The summed E-state index contributed by atoms with van der Waals surface area (Å²) in [6.45, 7) is 7.28. The summed E-state index contributed by atoms with van der Waals surface area (Å²) in [7, 11) is 1.58. The van der Waals surface area contributed by atoms with Gasteiger partial charge < -0.3 is 20.2 Å². The van der Waals surface area contributed by atoms with Crippen molar-refractivity contribution in [2.24, 2.45) is 5.92 Å². The monoisotopic (exact) mass is 507 g/mol. The van der Waals surface area contributed by atoms with Crippen LogP contribution in [0.15, 0.2) is 23.8 Å². The Bertz CT molecular complexity index is 1160. The Kier molecular flexibility index (Phi) is 7.98. The number of aromatic nitrogens is 4. The summed E-state index contributed by atoms with van der Waals surface area (Å²) in [4.78, 5) is 37.9. The number of halogens is 1. The Labute approximate surface area is 208 Å². The van der Waals surface area contributed by atoms with E-state index in [9.17, 15) is 14.7 Å².